The van der Waals surface area contributed by atoms with Crippen molar-refractivity contribution >= 4 is 15.7 Å². The molecule has 4 nitrogen and oxygen atoms in total. The maximum atomic E-state index is 12.6. The van der Waals surface area contributed by atoms with Gasteiger partial charge in [0.15, 0.2) is 0 Å². The number of nitrogen functional groups attached to an aromatic ring is 1. The molecular formula is C18H18N2O2S. The molecule has 0 atom stereocenters. The van der Waals surface area contributed by atoms with E-state index in [4.69, 9.17) is 5.73 Å². The van der Waals surface area contributed by atoms with E-state index in [-0.39, 0.29) is 4.90 Å². The molecule has 0 saturated carbocycles. The number of aromatic nitrogens is 1. The van der Waals surface area contributed by atoms with Gasteiger partial charge in [-0.05, 0) is 42.3 Å². The minimum absolute atomic E-state index is 0.282. The van der Waals surface area contributed by atoms with Crippen molar-refractivity contribution in [2.45, 2.75) is 18.2 Å². The first kappa shape index (κ1) is 15.4. The van der Waals surface area contributed by atoms with E-state index in [0.717, 1.165) is 16.7 Å². The van der Waals surface area contributed by atoms with E-state index in [1.54, 1.807) is 42.7 Å². The number of para-hydroxylation sites is 1. The summed E-state index contributed by atoms with van der Waals surface area (Å²) in [4.78, 5) is 0.282. The third-order valence-electron chi connectivity index (χ3n) is 3.77. The van der Waals surface area contributed by atoms with Gasteiger partial charge < -0.3 is 5.73 Å². The van der Waals surface area contributed by atoms with Crippen molar-refractivity contribution in [1.82, 2.24) is 3.97 Å². The van der Waals surface area contributed by atoms with E-state index in [1.807, 2.05) is 31.2 Å². The maximum absolute atomic E-state index is 12.6. The molecule has 0 aliphatic rings. The number of nitrogens with zero attached hydrogens (tertiary/aromatic N) is 1. The first-order chi connectivity index (χ1) is 11.0. The highest BCUT2D eigenvalue weighted by Gasteiger charge is 2.16. The van der Waals surface area contributed by atoms with Crippen molar-refractivity contribution < 1.29 is 8.42 Å². The van der Waals surface area contributed by atoms with Crippen LogP contribution in [0.5, 0.6) is 0 Å². The number of rotatable bonds is 4. The molecule has 0 aliphatic heterocycles. The first-order valence-corrected chi connectivity index (χ1v) is 8.73. The molecule has 23 heavy (non-hydrogen) atoms. The number of hydrogen-bond acceptors (Lipinski definition) is 3. The van der Waals surface area contributed by atoms with Gasteiger partial charge in [-0.1, -0.05) is 35.9 Å². The summed E-state index contributed by atoms with van der Waals surface area (Å²) in [5.74, 6) is 0. The van der Waals surface area contributed by atoms with Crippen LogP contribution in [0.4, 0.5) is 5.69 Å². The Morgan fingerprint density at radius 1 is 1.00 bits per heavy atom. The van der Waals surface area contributed by atoms with Gasteiger partial charge in [0.2, 0.25) is 0 Å². The molecule has 1 aromatic heterocycles. The molecule has 0 amide bonds. The van der Waals surface area contributed by atoms with Crippen molar-refractivity contribution in [2.75, 3.05) is 5.73 Å². The summed E-state index contributed by atoms with van der Waals surface area (Å²) in [6, 6.07) is 16.2. The second kappa shape index (κ2) is 5.93. The van der Waals surface area contributed by atoms with Crippen molar-refractivity contribution in [3.63, 3.8) is 0 Å². The Kier molecular flexibility index (Phi) is 3.96. The van der Waals surface area contributed by atoms with Crippen LogP contribution in [0, 0.1) is 6.92 Å². The van der Waals surface area contributed by atoms with Gasteiger partial charge in [0.25, 0.3) is 10.0 Å². The third-order valence-corrected chi connectivity index (χ3v) is 5.42. The highest BCUT2D eigenvalue weighted by Crippen LogP contribution is 2.19. The molecule has 118 valence electrons. The van der Waals surface area contributed by atoms with Crippen molar-refractivity contribution in [2.24, 2.45) is 0 Å². The van der Waals surface area contributed by atoms with Crippen LogP contribution in [-0.4, -0.2) is 12.4 Å². The van der Waals surface area contributed by atoms with Crippen molar-refractivity contribution in [3.8, 4) is 0 Å². The molecule has 0 saturated heterocycles. The van der Waals surface area contributed by atoms with Crippen LogP contribution in [-0.2, 0) is 16.4 Å². The Balaban J connectivity index is 1.89. The van der Waals surface area contributed by atoms with Crippen LogP contribution in [0.1, 0.15) is 16.7 Å². The normalized spacial score (nSPS) is 11.5. The van der Waals surface area contributed by atoms with E-state index in [1.165, 1.54) is 3.97 Å². The Bertz CT molecular complexity index is 926. The van der Waals surface area contributed by atoms with E-state index < -0.39 is 10.0 Å². The zero-order valence-electron chi connectivity index (χ0n) is 12.8. The van der Waals surface area contributed by atoms with Crippen LogP contribution in [0.25, 0.3) is 0 Å². The summed E-state index contributed by atoms with van der Waals surface area (Å²) in [7, 11) is -3.55. The van der Waals surface area contributed by atoms with Gasteiger partial charge in [-0.15, -0.1) is 0 Å². The Labute approximate surface area is 136 Å². The quantitative estimate of drug-likeness (QED) is 0.749. The van der Waals surface area contributed by atoms with Gasteiger partial charge >= 0.3 is 0 Å². The number of anilines is 1. The molecule has 0 radical (unpaired) electrons. The summed E-state index contributed by atoms with van der Waals surface area (Å²) in [5, 5.41) is 0. The minimum atomic E-state index is -3.55. The lowest BCUT2D eigenvalue weighted by molar-refractivity contribution is 0.587. The molecule has 5 heteroatoms. The Morgan fingerprint density at radius 2 is 1.70 bits per heavy atom. The average Bonchev–Trinajstić information content (AvgIpc) is 2.99. The number of benzene rings is 2. The van der Waals surface area contributed by atoms with E-state index in [0.29, 0.717) is 12.1 Å². The third kappa shape index (κ3) is 3.14. The molecule has 0 fully saturated rings. The lowest BCUT2D eigenvalue weighted by Crippen LogP contribution is -2.10. The molecule has 2 aromatic carbocycles. The average molecular weight is 326 g/mol. The fourth-order valence-corrected chi connectivity index (χ4v) is 3.64. The molecule has 3 rings (SSSR count). The summed E-state index contributed by atoms with van der Waals surface area (Å²) in [5.41, 5.74) is 9.56. The fraction of sp³-hybridized carbons (Fsp3) is 0.111. The van der Waals surface area contributed by atoms with E-state index >= 15 is 0 Å². The van der Waals surface area contributed by atoms with Crippen LogP contribution >= 0.6 is 0 Å². The fourth-order valence-electron chi connectivity index (χ4n) is 2.42. The Morgan fingerprint density at radius 3 is 2.39 bits per heavy atom. The predicted molar refractivity (Wildman–Crippen MR) is 91.9 cm³/mol. The highest BCUT2D eigenvalue weighted by atomic mass is 32.2. The SMILES string of the molecule is Cc1ccc(S(=O)(=O)n2ccc(Cc3ccccc3N)c2)cc1. The number of aryl methyl sites for hydroxylation is 1. The molecular weight excluding hydrogens is 308 g/mol. The second-order valence-electron chi connectivity index (χ2n) is 5.54. The van der Waals surface area contributed by atoms with Gasteiger partial charge in [-0.25, -0.2) is 12.4 Å². The summed E-state index contributed by atoms with van der Waals surface area (Å²) in [6.07, 6.45) is 3.81. The number of hydrogen-bond donors (Lipinski definition) is 1. The molecule has 3 aromatic rings. The lowest BCUT2D eigenvalue weighted by atomic mass is 10.1. The summed E-state index contributed by atoms with van der Waals surface area (Å²) < 4.78 is 26.5. The van der Waals surface area contributed by atoms with E-state index in [9.17, 15) is 8.42 Å². The molecule has 2 N–H and O–H groups in total. The summed E-state index contributed by atoms with van der Waals surface area (Å²) >= 11 is 0. The van der Waals surface area contributed by atoms with Gasteiger partial charge in [-0.3, -0.25) is 0 Å². The zero-order chi connectivity index (χ0) is 16.4. The van der Waals surface area contributed by atoms with Crippen LogP contribution in [0.2, 0.25) is 0 Å². The lowest BCUT2D eigenvalue weighted by Gasteiger charge is -2.06. The topological polar surface area (TPSA) is 65.1 Å². The predicted octanol–water partition coefficient (Wildman–Crippen LogP) is 3.21. The first-order valence-electron chi connectivity index (χ1n) is 7.29. The van der Waals surface area contributed by atoms with Gasteiger partial charge in [0.05, 0.1) is 4.90 Å². The number of nitrogens with two attached hydrogens (primary N) is 1. The van der Waals surface area contributed by atoms with Gasteiger partial charge in [0.1, 0.15) is 0 Å². The largest absolute Gasteiger partial charge is 0.398 e. The standard InChI is InChI=1S/C18H18N2O2S/c1-14-6-8-17(9-7-14)23(21,22)20-11-10-15(13-20)12-16-4-2-3-5-18(16)19/h2-11,13H,12,19H2,1H3. The van der Waals surface area contributed by atoms with Crippen molar-refractivity contribution in [1.29, 1.82) is 0 Å². The van der Waals surface area contributed by atoms with Crippen LogP contribution in [0.3, 0.4) is 0 Å². The molecule has 1 heterocycles. The maximum Gasteiger partial charge on any atom is 0.267 e. The van der Waals surface area contributed by atoms with Gasteiger partial charge in [0, 0.05) is 24.5 Å². The highest BCUT2D eigenvalue weighted by molar-refractivity contribution is 7.90. The van der Waals surface area contributed by atoms with Gasteiger partial charge in [-0.2, -0.15) is 0 Å². The minimum Gasteiger partial charge on any atom is -0.398 e. The molecule has 0 bridgehead atoms. The molecule has 0 unspecified atom stereocenters. The van der Waals surface area contributed by atoms with E-state index in [2.05, 4.69) is 0 Å². The molecule has 0 aliphatic carbocycles. The zero-order valence-corrected chi connectivity index (χ0v) is 13.6. The van der Waals surface area contributed by atoms with Crippen LogP contribution in [0.15, 0.2) is 71.9 Å². The second-order valence-corrected chi connectivity index (χ2v) is 7.39. The summed E-state index contributed by atoms with van der Waals surface area (Å²) in [6.45, 7) is 1.93. The van der Waals surface area contributed by atoms with Crippen LogP contribution < -0.4 is 5.73 Å². The Hall–Kier alpha value is -2.53. The smallest absolute Gasteiger partial charge is 0.267 e. The van der Waals surface area contributed by atoms with Crippen molar-refractivity contribution in [3.05, 3.63) is 83.7 Å². The molecule has 0 spiro atoms. The monoisotopic (exact) mass is 326 g/mol.